The zero-order chi connectivity index (χ0) is 14.9. The molecule has 2 aromatic rings. The molecule has 1 unspecified atom stereocenters. The highest BCUT2D eigenvalue weighted by Crippen LogP contribution is 2.20. The standard InChI is InChI=1S/C17H22N2O2/c1-20-16-6-4-15(5-7-16)17(13-18)21-12-2-3-14-8-10-19-11-9-14/h4-11,17H,2-3,12-13,18H2,1H3. The van der Waals surface area contributed by atoms with E-state index < -0.39 is 0 Å². The third-order valence-electron chi connectivity index (χ3n) is 3.38. The van der Waals surface area contributed by atoms with Crippen LogP contribution in [0.5, 0.6) is 5.75 Å². The molecule has 2 N–H and O–H groups in total. The van der Waals surface area contributed by atoms with Gasteiger partial charge in [0.05, 0.1) is 13.2 Å². The van der Waals surface area contributed by atoms with Crippen molar-refractivity contribution in [2.75, 3.05) is 20.3 Å². The van der Waals surface area contributed by atoms with Crippen molar-refractivity contribution < 1.29 is 9.47 Å². The fraction of sp³-hybridized carbons (Fsp3) is 0.353. The van der Waals surface area contributed by atoms with Crippen molar-refractivity contribution in [2.45, 2.75) is 18.9 Å². The van der Waals surface area contributed by atoms with E-state index in [0.29, 0.717) is 13.2 Å². The lowest BCUT2D eigenvalue weighted by Crippen LogP contribution is -2.16. The second-order valence-electron chi connectivity index (χ2n) is 4.83. The van der Waals surface area contributed by atoms with E-state index in [2.05, 4.69) is 4.98 Å². The minimum absolute atomic E-state index is 0.0617. The molecular formula is C17H22N2O2. The third-order valence-corrected chi connectivity index (χ3v) is 3.38. The smallest absolute Gasteiger partial charge is 0.118 e. The van der Waals surface area contributed by atoms with Crippen molar-refractivity contribution in [2.24, 2.45) is 5.73 Å². The largest absolute Gasteiger partial charge is 0.497 e. The highest BCUT2D eigenvalue weighted by atomic mass is 16.5. The first-order chi connectivity index (χ1) is 10.3. The maximum Gasteiger partial charge on any atom is 0.118 e. The molecule has 1 atom stereocenters. The summed E-state index contributed by atoms with van der Waals surface area (Å²) in [5, 5.41) is 0. The van der Waals surface area contributed by atoms with E-state index in [1.807, 2.05) is 48.8 Å². The van der Waals surface area contributed by atoms with Crippen LogP contribution in [0, 0.1) is 0 Å². The van der Waals surface area contributed by atoms with Gasteiger partial charge in [0.2, 0.25) is 0 Å². The molecule has 2 rings (SSSR count). The number of benzene rings is 1. The van der Waals surface area contributed by atoms with Gasteiger partial charge in [-0.05, 0) is 48.2 Å². The fourth-order valence-corrected chi connectivity index (χ4v) is 2.17. The van der Waals surface area contributed by atoms with Crippen LogP contribution in [0.1, 0.15) is 23.7 Å². The Kier molecular flexibility index (Phi) is 6.19. The molecule has 0 amide bonds. The van der Waals surface area contributed by atoms with Crippen molar-refractivity contribution in [3.63, 3.8) is 0 Å². The number of aryl methyl sites for hydroxylation is 1. The summed E-state index contributed by atoms with van der Waals surface area (Å²) < 4.78 is 11.0. The molecule has 4 heteroatoms. The average molecular weight is 286 g/mol. The second-order valence-corrected chi connectivity index (χ2v) is 4.83. The van der Waals surface area contributed by atoms with Crippen molar-refractivity contribution in [3.05, 3.63) is 59.9 Å². The topological polar surface area (TPSA) is 57.4 Å². The van der Waals surface area contributed by atoms with Crippen LogP contribution in [0.4, 0.5) is 0 Å². The van der Waals surface area contributed by atoms with E-state index in [1.54, 1.807) is 7.11 Å². The molecule has 0 saturated carbocycles. The zero-order valence-electron chi connectivity index (χ0n) is 12.4. The zero-order valence-corrected chi connectivity index (χ0v) is 12.4. The Bertz CT molecular complexity index is 514. The summed E-state index contributed by atoms with van der Waals surface area (Å²) >= 11 is 0. The number of rotatable bonds is 8. The van der Waals surface area contributed by atoms with Crippen LogP contribution in [0.3, 0.4) is 0 Å². The Morgan fingerprint density at radius 2 is 1.81 bits per heavy atom. The molecule has 0 bridgehead atoms. The molecule has 1 heterocycles. The summed E-state index contributed by atoms with van der Waals surface area (Å²) in [6, 6.07) is 11.9. The summed E-state index contributed by atoms with van der Waals surface area (Å²) in [4.78, 5) is 4.01. The van der Waals surface area contributed by atoms with Crippen molar-refractivity contribution in [1.82, 2.24) is 4.98 Å². The molecule has 21 heavy (non-hydrogen) atoms. The Labute approximate surface area is 125 Å². The highest BCUT2D eigenvalue weighted by molar-refractivity contribution is 5.28. The lowest BCUT2D eigenvalue weighted by Gasteiger charge is -2.16. The molecule has 1 aromatic heterocycles. The van der Waals surface area contributed by atoms with Crippen LogP contribution < -0.4 is 10.5 Å². The predicted octanol–water partition coefficient (Wildman–Crippen LogP) is 2.74. The highest BCUT2D eigenvalue weighted by Gasteiger charge is 2.09. The van der Waals surface area contributed by atoms with Gasteiger partial charge in [0.15, 0.2) is 0 Å². The minimum Gasteiger partial charge on any atom is -0.497 e. The normalized spacial score (nSPS) is 12.1. The van der Waals surface area contributed by atoms with E-state index in [4.69, 9.17) is 15.2 Å². The van der Waals surface area contributed by atoms with Crippen molar-refractivity contribution >= 4 is 0 Å². The predicted molar refractivity (Wildman–Crippen MR) is 83.3 cm³/mol. The molecule has 0 saturated heterocycles. The summed E-state index contributed by atoms with van der Waals surface area (Å²) in [6.45, 7) is 1.16. The molecule has 112 valence electrons. The fourth-order valence-electron chi connectivity index (χ4n) is 2.17. The van der Waals surface area contributed by atoms with E-state index in [-0.39, 0.29) is 6.10 Å². The second kappa shape index (κ2) is 8.39. The van der Waals surface area contributed by atoms with Gasteiger partial charge >= 0.3 is 0 Å². The first kappa shape index (κ1) is 15.5. The Hall–Kier alpha value is -1.91. The number of ether oxygens (including phenoxy) is 2. The van der Waals surface area contributed by atoms with Gasteiger partial charge in [0.25, 0.3) is 0 Å². The number of hydrogen-bond acceptors (Lipinski definition) is 4. The van der Waals surface area contributed by atoms with Crippen LogP contribution in [0.2, 0.25) is 0 Å². The number of methoxy groups -OCH3 is 1. The Morgan fingerprint density at radius 1 is 1.10 bits per heavy atom. The molecule has 1 aromatic carbocycles. The Morgan fingerprint density at radius 3 is 2.43 bits per heavy atom. The van der Waals surface area contributed by atoms with E-state index in [0.717, 1.165) is 24.2 Å². The molecule has 4 nitrogen and oxygen atoms in total. The van der Waals surface area contributed by atoms with Gasteiger partial charge in [0.1, 0.15) is 5.75 Å². The SMILES string of the molecule is COc1ccc(C(CN)OCCCc2ccncc2)cc1. The van der Waals surface area contributed by atoms with Gasteiger partial charge in [-0.25, -0.2) is 0 Å². The molecule has 0 spiro atoms. The van der Waals surface area contributed by atoms with Crippen LogP contribution in [0.15, 0.2) is 48.8 Å². The van der Waals surface area contributed by atoms with Crippen LogP contribution in [-0.4, -0.2) is 25.2 Å². The van der Waals surface area contributed by atoms with E-state index >= 15 is 0 Å². The number of nitrogens with two attached hydrogens (primary N) is 1. The van der Waals surface area contributed by atoms with E-state index in [1.165, 1.54) is 5.56 Å². The summed E-state index contributed by atoms with van der Waals surface area (Å²) in [5.74, 6) is 0.840. The number of nitrogens with zero attached hydrogens (tertiary/aromatic N) is 1. The summed E-state index contributed by atoms with van der Waals surface area (Å²) in [7, 11) is 1.66. The third kappa shape index (κ3) is 4.85. The molecule has 0 radical (unpaired) electrons. The number of pyridine rings is 1. The monoisotopic (exact) mass is 286 g/mol. The maximum atomic E-state index is 5.89. The van der Waals surface area contributed by atoms with Crippen LogP contribution in [-0.2, 0) is 11.2 Å². The first-order valence-corrected chi connectivity index (χ1v) is 7.18. The van der Waals surface area contributed by atoms with Crippen LogP contribution in [0.25, 0.3) is 0 Å². The first-order valence-electron chi connectivity index (χ1n) is 7.18. The molecule has 0 fully saturated rings. The number of aromatic nitrogens is 1. The molecule has 0 aliphatic heterocycles. The lowest BCUT2D eigenvalue weighted by atomic mass is 10.1. The maximum absolute atomic E-state index is 5.89. The summed E-state index contributed by atoms with van der Waals surface area (Å²) in [5.41, 5.74) is 8.17. The number of hydrogen-bond donors (Lipinski definition) is 1. The van der Waals surface area contributed by atoms with Gasteiger partial charge in [0, 0.05) is 25.5 Å². The van der Waals surface area contributed by atoms with Crippen molar-refractivity contribution in [1.29, 1.82) is 0 Å². The van der Waals surface area contributed by atoms with Gasteiger partial charge in [-0.1, -0.05) is 12.1 Å². The Balaban J connectivity index is 1.79. The van der Waals surface area contributed by atoms with Crippen molar-refractivity contribution in [3.8, 4) is 5.75 Å². The molecule has 0 aliphatic rings. The lowest BCUT2D eigenvalue weighted by molar-refractivity contribution is 0.0571. The van der Waals surface area contributed by atoms with Gasteiger partial charge in [-0.3, -0.25) is 4.98 Å². The van der Waals surface area contributed by atoms with Gasteiger partial charge < -0.3 is 15.2 Å². The van der Waals surface area contributed by atoms with E-state index in [9.17, 15) is 0 Å². The minimum atomic E-state index is -0.0617. The van der Waals surface area contributed by atoms with Gasteiger partial charge in [-0.2, -0.15) is 0 Å². The summed E-state index contributed by atoms with van der Waals surface area (Å²) in [6.07, 6.45) is 5.53. The van der Waals surface area contributed by atoms with Crippen LogP contribution >= 0.6 is 0 Å². The molecule has 0 aliphatic carbocycles. The molecular weight excluding hydrogens is 264 g/mol. The quantitative estimate of drug-likeness (QED) is 0.758. The average Bonchev–Trinajstić information content (AvgIpc) is 2.56. The van der Waals surface area contributed by atoms with Gasteiger partial charge in [-0.15, -0.1) is 0 Å².